The number of piperazine rings is 1. The van der Waals surface area contributed by atoms with Crippen LogP contribution in [-0.2, 0) is 0 Å². The molecule has 1 saturated heterocycles. The molecule has 0 atom stereocenters. The summed E-state index contributed by atoms with van der Waals surface area (Å²) in [6.07, 6.45) is 3.82. The summed E-state index contributed by atoms with van der Waals surface area (Å²) in [4.78, 5) is 13.1. The van der Waals surface area contributed by atoms with Crippen molar-refractivity contribution in [3.8, 4) is 0 Å². The van der Waals surface area contributed by atoms with Crippen LogP contribution in [0.15, 0.2) is 12.4 Å². The van der Waals surface area contributed by atoms with Gasteiger partial charge in [-0.3, -0.25) is 0 Å². The molecule has 1 aliphatic rings. The van der Waals surface area contributed by atoms with Crippen LogP contribution in [0.25, 0.3) is 0 Å². The zero-order valence-electron chi connectivity index (χ0n) is 8.77. The van der Waals surface area contributed by atoms with Crippen LogP contribution in [0.5, 0.6) is 0 Å². The summed E-state index contributed by atoms with van der Waals surface area (Å²) in [6.45, 7) is 6.29. The van der Waals surface area contributed by atoms with Gasteiger partial charge in [-0.05, 0) is 14.0 Å². The highest BCUT2D eigenvalue weighted by atomic mass is 15.3. The minimum Gasteiger partial charge on any atom is -0.366 e. The second-order valence-corrected chi connectivity index (χ2v) is 3.78. The Balaban J connectivity index is 2.05. The van der Waals surface area contributed by atoms with Crippen LogP contribution in [0.1, 0.15) is 5.82 Å². The Hall–Kier alpha value is -1.16. The fourth-order valence-corrected chi connectivity index (χ4v) is 1.61. The van der Waals surface area contributed by atoms with E-state index in [0.29, 0.717) is 0 Å². The third kappa shape index (κ3) is 2.01. The van der Waals surface area contributed by atoms with E-state index in [-0.39, 0.29) is 0 Å². The van der Waals surface area contributed by atoms with Crippen molar-refractivity contribution in [1.29, 1.82) is 0 Å². The fourth-order valence-electron chi connectivity index (χ4n) is 1.61. The molecule has 1 aliphatic heterocycles. The Morgan fingerprint density at radius 1 is 1.07 bits per heavy atom. The normalized spacial score (nSPS) is 18.6. The molecule has 4 nitrogen and oxygen atoms in total. The number of aromatic nitrogens is 2. The van der Waals surface area contributed by atoms with Crippen LogP contribution < -0.4 is 4.90 Å². The second-order valence-electron chi connectivity index (χ2n) is 3.78. The first-order chi connectivity index (χ1) is 6.75. The van der Waals surface area contributed by atoms with Gasteiger partial charge in [-0.15, -0.1) is 0 Å². The SMILES string of the molecule is Cc1ncc(N2CCN(C)CC2)cn1. The fraction of sp³-hybridized carbons (Fsp3) is 0.600. The highest BCUT2D eigenvalue weighted by Gasteiger charge is 2.14. The van der Waals surface area contributed by atoms with E-state index in [9.17, 15) is 0 Å². The molecule has 0 bridgehead atoms. The summed E-state index contributed by atoms with van der Waals surface area (Å²) < 4.78 is 0. The largest absolute Gasteiger partial charge is 0.366 e. The van der Waals surface area contributed by atoms with E-state index in [0.717, 1.165) is 37.7 Å². The number of aryl methyl sites for hydroxylation is 1. The summed E-state index contributed by atoms with van der Waals surface area (Å²) in [5.41, 5.74) is 1.14. The smallest absolute Gasteiger partial charge is 0.125 e. The predicted octanol–water partition coefficient (Wildman–Crippen LogP) is 0.537. The molecule has 2 rings (SSSR count). The minimum absolute atomic E-state index is 0.836. The summed E-state index contributed by atoms with van der Waals surface area (Å²) in [5, 5.41) is 0. The van der Waals surface area contributed by atoms with Crippen molar-refractivity contribution in [3.63, 3.8) is 0 Å². The van der Waals surface area contributed by atoms with Crippen molar-refractivity contribution in [3.05, 3.63) is 18.2 Å². The van der Waals surface area contributed by atoms with E-state index in [4.69, 9.17) is 0 Å². The van der Waals surface area contributed by atoms with Gasteiger partial charge in [-0.1, -0.05) is 0 Å². The van der Waals surface area contributed by atoms with Crippen LogP contribution in [0.4, 0.5) is 5.69 Å². The average Bonchev–Trinajstić information content (AvgIpc) is 2.21. The first-order valence-corrected chi connectivity index (χ1v) is 4.98. The molecule has 1 aromatic rings. The van der Waals surface area contributed by atoms with Gasteiger partial charge in [0.25, 0.3) is 0 Å². The van der Waals surface area contributed by atoms with Crippen molar-refractivity contribution < 1.29 is 0 Å². The van der Waals surface area contributed by atoms with Gasteiger partial charge in [0.2, 0.25) is 0 Å². The van der Waals surface area contributed by atoms with Gasteiger partial charge in [0, 0.05) is 26.2 Å². The zero-order chi connectivity index (χ0) is 9.97. The van der Waals surface area contributed by atoms with Gasteiger partial charge in [-0.25, -0.2) is 9.97 Å². The molecule has 0 aliphatic carbocycles. The molecule has 1 fully saturated rings. The number of rotatable bonds is 1. The molecule has 0 N–H and O–H groups in total. The summed E-state index contributed by atoms with van der Waals surface area (Å²) in [6, 6.07) is 0. The van der Waals surface area contributed by atoms with Crippen molar-refractivity contribution in [2.45, 2.75) is 6.92 Å². The zero-order valence-corrected chi connectivity index (χ0v) is 8.77. The number of hydrogen-bond acceptors (Lipinski definition) is 4. The number of nitrogens with zero attached hydrogens (tertiary/aromatic N) is 4. The average molecular weight is 192 g/mol. The van der Waals surface area contributed by atoms with Crippen LogP contribution in [0.2, 0.25) is 0 Å². The molecule has 0 amide bonds. The predicted molar refractivity (Wildman–Crippen MR) is 56.5 cm³/mol. The lowest BCUT2D eigenvalue weighted by Gasteiger charge is -2.33. The maximum absolute atomic E-state index is 4.21. The lowest BCUT2D eigenvalue weighted by atomic mass is 10.3. The number of hydrogen-bond donors (Lipinski definition) is 0. The van der Waals surface area contributed by atoms with Gasteiger partial charge in [0.05, 0.1) is 18.1 Å². The molecule has 2 heterocycles. The Morgan fingerprint density at radius 2 is 1.64 bits per heavy atom. The van der Waals surface area contributed by atoms with Gasteiger partial charge >= 0.3 is 0 Å². The first kappa shape index (κ1) is 9.40. The topological polar surface area (TPSA) is 32.3 Å². The Kier molecular flexibility index (Phi) is 2.63. The third-order valence-electron chi connectivity index (χ3n) is 2.64. The van der Waals surface area contributed by atoms with Gasteiger partial charge < -0.3 is 9.80 Å². The molecule has 0 unspecified atom stereocenters. The molecular formula is C10H16N4. The maximum atomic E-state index is 4.21. The van der Waals surface area contributed by atoms with Gasteiger partial charge in [0.15, 0.2) is 0 Å². The number of anilines is 1. The van der Waals surface area contributed by atoms with Crippen molar-refractivity contribution in [1.82, 2.24) is 14.9 Å². The summed E-state index contributed by atoms with van der Waals surface area (Å²) >= 11 is 0. The molecular weight excluding hydrogens is 176 g/mol. The van der Waals surface area contributed by atoms with Crippen molar-refractivity contribution in [2.24, 2.45) is 0 Å². The Bertz CT molecular complexity index is 287. The molecule has 14 heavy (non-hydrogen) atoms. The van der Waals surface area contributed by atoms with E-state index in [1.165, 1.54) is 0 Å². The molecule has 1 aromatic heterocycles. The maximum Gasteiger partial charge on any atom is 0.125 e. The molecule has 0 radical (unpaired) electrons. The summed E-state index contributed by atoms with van der Waals surface area (Å²) in [7, 11) is 2.16. The quantitative estimate of drug-likeness (QED) is 0.650. The molecule has 4 heteroatoms. The monoisotopic (exact) mass is 192 g/mol. The van der Waals surface area contributed by atoms with Crippen LogP contribution in [0.3, 0.4) is 0 Å². The first-order valence-electron chi connectivity index (χ1n) is 4.98. The Morgan fingerprint density at radius 3 is 2.21 bits per heavy atom. The third-order valence-corrected chi connectivity index (χ3v) is 2.64. The van der Waals surface area contributed by atoms with Crippen molar-refractivity contribution in [2.75, 3.05) is 38.1 Å². The molecule has 0 saturated carbocycles. The van der Waals surface area contributed by atoms with E-state index in [1.54, 1.807) is 0 Å². The molecule has 0 aromatic carbocycles. The minimum atomic E-state index is 0.836. The highest BCUT2D eigenvalue weighted by molar-refractivity contribution is 5.42. The highest BCUT2D eigenvalue weighted by Crippen LogP contribution is 2.12. The van der Waals surface area contributed by atoms with E-state index in [1.807, 2.05) is 19.3 Å². The standard InChI is InChI=1S/C10H16N4/c1-9-11-7-10(8-12-9)14-5-3-13(2)4-6-14/h7-8H,3-6H2,1-2H3. The van der Waals surface area contributed by atoms with Crippen LogP contribution in [0, 0.1) is 6.92 Å². The Labute approximate surface area is 84.6 Å². The molecule has 76 valence electrons. The van der Waals surface area contributed by atoms with E-state index >= 15 is 0 Å². The van der Waals surface area contributed by atoms with Crippen molar-refractivity contribution >= 4 is 5.69 Å². The van der Waals surface area contributed by atoms with Crippen LogP contribution >= 0.6 is 0 Å². The van der Waals surface area contributed by atoms with Gasteiger partial charge in [0.1, 0.15) is 5.82 Å². The lowest BCUT2D eigenvalue weighted by molar-refractivity contribution is 0.312. The van der Waals surface area contributed by atoms with E-state index in [2.05, 4.69) is 26.8 Å². The van der Waals surface area contributed by atoms with Gasteiger partial charge in [-0.2, -0.15) is 0 Å². The van der Waals surface area contributed by atoms with E-state index < -0.39 is 0 Å². The van der Waals surface area contributed by atoms with Crippen LogP contribution in [-0.4, -0.2) is 48.1 Å². The second kappa shape index (κ2) is 3.92. The number of likely N-dealkylation sites (N-methyl/N-ethyl adjacent to an activating group) is 1. The lowest BCUT2D eigenvalue weighted by Crippen LogP contribution is -2.44. The summed E-state index contributed by atoms with van der Waals surface area (Å²) in [5.74, 6) is 0.836. The molecule has 0 spiro atoms.